The van der Waals surface area contributed by atoms with Crippen molar-refractivity contribution >= 4 is 28.6 Å². The third-order valence-electron chi connectivity index (χ3n) is 2.77. The van der Waals surface area contributed by atoms with Crippen molar-refractivity contribution in [1.29, 1.82) is 0 Å². The summed E-state index contributed by atoms with van der Waals surface area (Å²) < 4.78 is 18.3. The zero-order valence-corrected chi connectivity index (χ0v) is 11.2. The lowest BCUT2D eigenvalue weighted by Crippen LogP contribution is -2.02. The van der Waals surface area contributed by atoms with E-state index in [1.807, 2.05) is 24.3 Å². The van der Waals surface area contributed by atoms with Crippen LogP contribution in [0.25, 0.3) is 11.1 Å². The highest BCUT2D eigenvalue weighted by molar-refractivity contribution is 7.99. The van der Waals surface area contributed by atoms with Gasteiger partial charge in [0.2, 0.25) is 0 Å². The molecule has 3 aromatic rings. The molecule has 0 saturated heterocycles. The molecule has 0 saturated carbocycles. The minimum absolute atomic E-state index is 0.0859. The fraction of sp³-hybridized carbons (Fsp3) is 0.0667. The number of thioether (sulfide) groups is 1. The van der Waals surface area contributed by atoms with Gasteiger partial charge in [-0.1, -0.05) is 23.9 Å². The van der Waals surface area contributed by atoms with E-state index in [1.54, 1.807) is 0 Å². The van der Waals surface area contributed by atoms with Crippen molar-refractivity contribution in [3.8, 4) is 0 Å². The Hall–Kier alpha value is -2.14. The van der Waals surface area contributed by atoms with Crippen molar-refractivity contribution in [1.82, 2.24) is 4.98 Å². The van der Waals surface area contributed by atoms with E-state index in [4.69, 9.17) is 4.42 Å². The van der Waals surface area contributed by atoms with E-state index in [-0.39, 0.29) is 17.4 Å². The molecule has 1 heterocycles. The molecule has 0 aliphatic heterocycles. The highest BCUT2D eigenvalue weighted by Crippen LogP contribution is 2.23. The van der Waals surface area contributed by atoms with Crippen LogP contribution in [0.1, 0.15) is 10.4 Å². The first-order valence-corrected chi connectivity index (χ1v) is 6.98. The van der Waals surface area contributed by atoms with Gasteiger partial charge in [-0.25, -0.2) is 9.37 Å². The van der Waals surface area contributed by atoms with Gasteiger partial charge >= 0.3 is 0 Å². The first-order valence-electron chi connectivity index (χ1n) is 5.99. The predicted octanol–water partition coefficient (Wildman–Crippen LogP) is 3.94. The second kappa shape index (κ2) is 5.46. The normalized spacial score (nSPS) is 10.8. The lowest BCUT2D eigenvalue weighted by Gasteiger charge is -1.98. The monoisotopic (exact) mass is 287 g/mol. The number of carbonyl (C=O) groups excluding carboxylic acids is 1. The fourth-order valence-electron chi connectivity index (χ4n) is 1.76. The van der Waals surface area contributed by atoms with Crippen LogP contribution in [-0.2, 0) is 0 Å². The first-order chi connectivity index (χ1) is 9.72. The summed E-state index contributed by atoms with van der Waals surface area (Å²) in [5.41, 5.74) is 1.95. The molecule has 1 aromatic heterocycles. The molecular weight excluding hydrogens is 277 g/mol. The largest absolute Gasteiger partial charge is 0.431 e. The van der Waals surface area contributed by atoms with Crippen LogP contribution in [0.2, 0.25) is 0 Å². The second-order valence-corrected chi connectivity index (χ2v) is 5.09. The fourth-order valence-corrected chi connectivity index (χ4v) is 2.49. The van der Waals surface area contributed by atoms with Gasteiger partial charge in [0.25, 0.3) is 5.22 Å². The molecule has 0 spiro atoms. The summed E-state index contributed by atoms with van der Waals surface area (Å²) in [5, 5.41) is 0.460. The maximum Gasteiger partial charge on any atom is 0.257 e. The van der Waals surface area contributed by atoms with Crippen molar-refractivity contribution in [3.63, 3.8) is 0 Å². The third kappa shape index (κ3) is 2.72. The minimum atomic E-state index is -0.354. The highest BCUT2D eigenvalue weighted by Gasteiger charge is 2.10. The van der Waals surface area contributed by atoms with Gasteiger partial charge in [-0.2, -0.15) is 0 Å². The van der Waals surface area contributed by atoms with Crippen LogP contribution in [0.4, 0.5) is 4.39 Å². The molecule has 3 rings (SSSR count). The van der Waals surface area contributed by atoms with Gasteiger partial charge in [-0.05, 0) is 36.4 Å². The number of carbonyl (C=O) groups is 1. The Kier molecular flexibility index (Phi) is 3.52. The topological polar surface area (TPSA) is 43.1 Å². The number of hydrogen-bond acceptors (Lipinski definition) is 4. The van der Waals surface area contributed by atoms with Crippen molar-refractivity contribution in [3.05, 3.63) is 59.9 Å². The van der Waals surface area contributed by atoms with E-state index in [2.05, 4.69) is 4.98 Å². The summed E-state index contributed by atoms with van der Waals surface area (Å²) in [5.74, 6) is -0.233. The van der Waals surface area contributed by atoms with Crippen LogP contribution in [0, 0.1) is 5.82 Å². The molecule has 5 heteroatoms. The van der Waals surface area contributed by atoms with E-state index >= 15 is 0 Å². The van der Waals surface area contributed by atoms with Gasteiger partial charge in [0, 0.05) is 5.56 Å². The van der Waals surface area contributed by atoms with Gasteiger partial charge in [-0.15, -0.1) is 0 Å². The summed E-state index contributed by atoms with van der Waals surface area (Å²) in [6.07, 6.45) is 0. The lowest BCUT2D eigenvalue weighted by atomic mass is 10.1. The standard InChI is InChI=1S/C15H10FNO2S/c16-11-7-5-10(6-8-11)13(18)9-20-15-17-12-3-1-2-4-14(12)19-15/h1-8H,9H2. The van der Waals surface area contributed by atoms with E-state index in [9.17, 15) is 9.18 Å². The zero-order valence-electron chi connectivity index (χ0n) is 10.4. The number of rotatable bonds is 4. The minimum Gasteiger partial charge on any atom is -0.431 e. The lowest BCUT2D eigenvalue weighted by molar-refractivity contribution is 0.102. The Morgan fingerprint density at radius 3 is 2.65 bits per heavy atom. The maximum atomic E-state index is 12.8. The Morgan fingerprint density at radius 1 is 1.15 bits per heavy atom. The van der Waals surface area contributed by atoms with E-state index in [0.29, 0.717) is 16.4 Å². The molecule has 0 unspecified atom stereocenters. The van der Waals surface area contributed by atoms with Crippen LogP contribution in [-0.4, -0.2) is 16.5 Å². The molecule has 2 aromatic carbocycles. The Morgan fingerprint density at radius 2 is 1.90 bits per heavy atom. The van der Waals surface area contributed by atoms with Crippen LogP contribution in [0.3, 0.4) is 0 Å². The smallest absolute Gasteiger partial charge is 0.257 e. The number of nitrogens with zero attached hydrogens (tertiary/aromatic N) is 1. The molecule has 3 nitrogen and oxygen atoms in total. The zero-order chi connectivity index (χ0) is 13.9. The number of oxazole rings is 1. The number of para-hydroxylation sites is 2. The van der Waals surface area contributed by atoms with Crippen molar-refractivity contribution in [2.45, 2.75) is 5.22 Å². The summed E-state index contributed by atoms with van der Waals surface area (Å²) >= 11 is 1.23. The van der Waals surface area contributed by atoms with E-state index in [1.165, 1.54) is 36.0 Å². The molecule has 100 valence electrons. The molecule has 0 radical (unpaired) electrons. The third-order valence-corrected chi connectivity index (χ3v) is 3.60. The van der Waals surface area contributed by atoms with Crippen LogP contribution < -0.4 is 0 Å². The number of Topliss-reactive ketones (excluding diaryl/α,β-unsaturated/α-hetero) is 1. The summed E-state index contributed by atoms with van der Waals surface area (Å²) in [4.78, 5) is 16.2. The average molecular weight is 287 g/mol. The van der Waals surface area contributed by atoms with Crippen LogP contribution in [0.5, 0.6) is 0 Å². The van der Waals surface area contributed by atoms with Crippen molar-refractivity contribution in [2.24, 2.45) is 0 Å². The van der Waals surface area contributed by atoms with Gasteiger partial charge in [0.1, 0.15) is 11.3 Å². The number of aromatic nitrogens is 1. The van der Waals surface area contributed by atoms with Gasteiger partial charge in [0.05, 0.1) is 5.75 Å². The SMILES string of the molecule is O=C(CSc1nc2ccccc2o1)c1ccc(F)cc1. The molecular formula is C15H10FNO2S. The molecule has 0 atom stereocenters. The Bertz CT molecular complexity index is 719. The molecule has 0 fully saturated rings. The molecule has 0 N–H and O–H groups in total. The average Bonchev–Trinajstić information content (AvgIpc) is 2.88. The molecule has 0 bridgehead atoms. The molecule has 20 heavy (non-hydrogen) atoms. The predicted molar refractivity (Wildman–Crippen MR) is 75.5 cm³/mol. The second-order valence-electron chi connectivity index (χ2n) is 4.17. The highest BCUT2D eigenvalue weighted by atomic mass is 32.2. The Labute approximate surface area is 118 Å². The van der Waals surface area contributed by atoms with E-state index < -0.39 is 0 Å². The Balaban J connectivity index is 1.69. The molecule has 0 aliphatic rings. The molecule has 0 amide bonds. The van der Waals surface area contributed by atoms with E-state index in [0.717, 1.165) is 5.52 Å². The number of benzene rings is 2. The number of ketones is 1. The summed E-state index contributed by atoms with van der Waals surface area (Å²) in [7, 11) is 0. The quantitative estimate of drug-likeness (QED) is 0.538. The molecule has 0 aliphatic carbocycles. The van der Waals surface area contributed by atoms with Crippen molar-refractivity contribution < 1.29 is 13.6 Å². The van der Waals surface area contributed by atoms with Crippen LogP contribution in [0.15, 0.2) is 58.2 Å². The summed E-state index contributed by atoms with van der Waals surface area (Å²) in [6.45, 7) is 0. The van der Waals surface area contributed by atoms with Gasteiger partial charge < -0.3 is 4.42 Å². The van der Waals surface area contributed by atoms with Gasteiger partial charge in [0.15, 0.2) is 11.4 Å². The van der Waals surface area contributed by atoms with Crippen molar-refractivity contribution in [2.75, 3.05) is 5.75 Å². The number of fused-ring (bicyclic) bond motifs is 1. The number of hydrogen-bond donors (Lipinski definition) is 0. The number of halogens is 1. The van der Waals surface area contributed by atoms with Gasteiger partial charge in [-0.3, -0.25) is 4.79 Å². The maximum absolute atomic E-state index is 12.8. The summed E-state index contributed by atoms with van der Waals surface area (Å²) in [6, 6.07) is 12.9. The van der Waals surface area contributed by atoms with Crippen LogP contribution >= 0.6 is 11.8 Å². The first kappa shape index (κ1) is 12.9.